The van der Waals surface area contributed by atoms with Crippen LogP contribution in [-0.2, 0) is 19.5 Å². The first-order valence-corrected chi connectivity index (χ1v) is 18.4. The summed E-state index contributed by atoms with van der Waals surface area (Å²) in [6.45, 7) is 6.30. The molecule has 236 valence electrons. The van der Waals surface area contributed by atoms with Crippen LogP contribution in [0.3, 0.4) is 0 Å². The number of H-pyrrole nitrogens is 1. The maximum absolute atomic E-state index is 12.9. The second-order valence-electron chi connectivity index (χ2n) is 12.5. The van der Waals surface area contributed by atoms with Crippen LogP contribution in [0.15, 0.2) is 94.6 Å². The number of hydrogen-bond donors (Lipinski definition) is 1. The zero-order valence-corrected chi connectivity index (χ0v) is 27.4. The van der Waals surface area contributed by atoms with Crippen LogP contribution in [0.2, 0.25) is 19.1 Å². The molecule has 10 heteroatoms. The van der Waals surface area contributed by atoms with E-state index < -0.39 is 37.0 Å². The van der Waals surface area contributed by atoms with Crippen molar-refractivity contribution in [2.24, 2.45) is 0 Å². The van der Waals surface area contributed by atoms with Crippen molar-refractivity contribution in [3.05, 3.63) is 128 Å². The Balaban J connectivity index is 1.46. The van der Waals surface area contributed by atoms with Crippen LogP contribution in [0.5, 0.6) is 11.5 Å². The van der Waals surface area contributed by atoms with Crippen molar-refractivity contribution in [1.82, 2.24) is 9.55 Å². The summed E-state index contributed by atoms with van der Waals surface area (Å²) >= 11 is 0. The third-order valence-corrected chi connectivity index (χ3v) is 11.5. The Kier molecular flexibility index (Phi) is 8.34. The second-order valence-corrected chi connectivity index (χ2v) is 16.8. The van der Waals surface area contributed by atoms with Crippen molar-refractivity contribution < 1.29 is 23.4 Å². The minimum absolute atomic E-state index is 0.197. The fourth-order valence-electron chi connectivity index (χ4n) is 6.60. The van der Waals surface area contributed by atoms with Gasteiger partial charge in [-0.05, 0) is 73.4 Å². The summed E-state index contributed by atoms with van der Waals surface area (Å²) in [4.78, 5) is 27.5. The Labute approximate surface area is 263 Å². The minimum atomic E-state index is -1.98. The van der Waals surface area contributed by atoms with Gasteiger partial charge in [0.2, 0.25) is 0 Å². The minimum Gasteiger partial charge on any atom is -0.497 e. The molecule has 3 atom stereocenters. The smallest absolute Gasteiger partial charge is 0.330 e. The maximum Gasteiger partial charge on any atom is 0.330 e. The summed E-state index contributed by atoms with van der Waals surface area (Å²) < 4.78 is 33.4. The van der Waals surface area contributed by atoms with Crippen molar-refractivity contribution in [3.63, 3.8) is 0 Å². The lowest BCUT2D eigenvalue weighted by Crippen LogP contribution is -2.56. The molecule has 4 aromatic rings. The topological polar surface area (TPSA) is 101 Å². The molecule has 2 aliphatic rings. The molecule has 0 saturated carbocycles. The van der Waals surface area contributed by atoms with Gasteiger partial charge in [-0.3, -0.25) is 14.3 Å². The number of hydrogen-bond acceptors (Lipinski definition) is 7. The number of benzene rings is 3. The quantitative estimate of drug-likeness (QED) is 0.192. The van der Waals surface area contributed by atoms with Crippen LogP contribution < -0.4 is 20.7 Å². The number of aromatic amines is 1. The molecule has 9 nitrogen and oxygen atoms in total. The van der Waals surface area contributed by atoms with E-state index in [9.17, 15) is 9.59 Å². The van der Waals surface area contributed by atoms with Crippen molar-refractivity contribution in [2.75, 3.05) is 20.8 Å². The summed E-state index contributed by atoms with van der Waals surface area (Å²) in [6.07, 6.45) is 1.85. The number of aromatic nitrogens is 2. The molecule has 1 aromatic heterocycles. The number of methoxy groups -OCH3 is 2. The average molecular weight is 629 g/mol. The summed E-state index contributed by atoms with van der Waals surface area (Å²) in [5.41, 5.74) is 0.462. The predicted molar refractivity (Wildman–Crippen MR) is 174 cm³/mol. The zero-order chi connectivity index (χ0) is 31.8. The first-order chi connectivity index (χ1) is 21.6. The third kappa shape index (κ3) is 5.79. The molecule has 1 N–H and O–H groups in total. The highest BCUT2D eigenvalue weighted by molar-refractivity contribution is 6.71. The van der Waals surface area contributed by atoms with E-state index in [1.54, 1.807) is 27.3 Å². The maximum atomic E-state index is 12.9. The van der Waals surface area contributed by atoms with Crippen LogP contribution in [-0.4, -0.2) is 50.4 Å². The second kappa shape index (κ2) is 12.1. The number of rotatable bonds is 9. The van der Waals surface area contributed by atoms with Crippen LogP contribution in [0.25, 0.3) is 0 Å². The lowest BCUT2D eigenvalue weighted by Gasteiger charge is -2.46. The average Bonchev–Trinajstić information content (AvgIpc) is 3.41. The highest BCUT2D eigenvalue weighted by Gasteiger charge is 2.57. The zero-order valence-electron chi connectivity index (χ0n) is 26.4. The van der Waals surface area contributed by atoms with Gasteiger partial charge >= 0.3 is 5.69 Å². The van der Waals surface area contributed by atoms with Gasteiger partial charge in [0.15, 0.2) is 8.32 Å². The fraction of sp³-hybridized carbons (Fsp3) is 0.371. The Morgan fingerprint density at radius 2 is 1.49 bits per heavy atom. The van der Waals surface area contributed by atoms with Gasteiger partial charge in [0, 0.05) is 18.2 Å². The molecule has 0 aliphatic carbocycles. The Morgan fingerprint density at radius 1 is 0.911 bits per heavy atom. The molecule has 6 rings (SSSR count). The molecule has 0 spiro atoms. The summed E-state index contributed by atoms with van der Waals surface area (Å²) in [5.74, 6) is 1.48. The van der Waals surface area contributed by atoms with Crippen molar-refractivity contribution in [1.29, 1.82) is 0 Å². The van der Waals surface area contributed by atoms with Gasteiger partial charge in [-0.2, -0.15) is 0 Å². The van der Waals surface area contributed by atoms with Crippen LogP contribution in [0.1, 0.15) is 41.3 Å². The molecule has 0 amide bonds. The first-order valence-electron chi connectivity index (χ1n) is 15.3. The van der Waals surface area contributed by atoms with Gasteiger partial charge < -0.3 is 23.4 Å². The highest BCUT2D eigenvalue weighted by atomic mass is 28.4. The predicted octanol–water partition coefficient (Wildman–Crippen LogP) is 5.52. The van der Waals surface area contributed by atoms with Crippen LogP contribution in [0.4, 0.5) is 0 Å². The number of fused-ring (bicyclic) bond motifs is 1. The van der Waals surface area contributed by atoms with Gasteiger partial charge in [0.25, 0.3) is 5.56 Å². The lowest BCUT2D eigenvalue weighted by molar-refractivity contribution is -0.165. The van der Waals surface area contributed by atoms with E-state index in [2.05, 4.69) is 30.2 Å². The molecule has 2 aliphatic heterocycles. The Bertz CT molecular complexity index is 1700. The molecule has 0 radical (unpaired) electrons. The standard InChI is InChI=1S/C35H40N2O7Si/c1-24-22-37(33(39)36-32(24)38)31-21-30-34(43-31,19-20-45(4,5)44-30)23-42-35(25-9-7-6-8-10-25,26-11-15-28(40-2)16-12-26)27-13-17-29(41-3)18-14-27/h6-18,22,30-31H,19-21,23H2,1-5H3,(H,36,38,39)/t30-,31+,34+/m0/s1. The third-order valence-electron chi connectivity index (χ3n) is 9.15. The molecular formula is C35H40N2O7Si. The molecule has 2 fully saturated rings. The van der Waals surface area contributed by atoms with Gasteiger partial charge in [-0.1, -0.05) is 54.6 Å². The van der Waals surface area contributed by atoms with Crippen molar-refractivity contribution in [3.8, 4) is 11.5 Å². The molecule has 0 unspecified atom stereocenters. The molecule has 3 aromatic carbocycles. The fourth-order valence-corrected chi connectivity index (χ4v) is 8.82. The number of nitrogens with zero attached hydrogens (tertiary/aromatic N) is 1. The molecular weight excluding hydrogens is 588 g/mol. The molecule has 0 bridgehead atoms. The van der Waals surface area contributed by atoms with E-state index in [4.69, 9.17) is 23.4 Å². The largest absolute Gasteiger partial charge is 0.497 e. The summed E-state index contributed by atoms with van der Waals surface area (Å²) in [5, 5.41) is 0. The van der Waals surface area contributed by atoms with E-state index >= 15 is 0 Å². The first kappa shape index (κ1) is 31.0. The van der Waals surface area contributed by atoms with Gasteiger partial charge in [-0.25, -0.2) is 4.79 Å². The van der Waals surface area contributed by atoms with Crippen LogP contribution in [0, 0.1) is 6.92 Å². The highest BCUT2D eigenvalue weighted by Crippen LogP contribution is 2.50. The normalized spacial score (nSPS) is 22.5. The number of nitrogens with one attached hydrogen (secondary N) is 1. The van der Waals surface area contributed by atoms with Crippen LogP contribution >= 0.6 is 0 Å². The van der Waals surface area contributed by atoms with E-state index in [0.29, 0.717) is 12.0 Å². The van der Waals surface area contributed by atoms with Crippen molar-refractivity contribution in [2.45, 2.75) is 62.4 Å². The molecule has 3 heterocycles. The van der Waals surface area contributed by atoms with E-state index in [1.165, 1.54) is 4.57 Å². The van der Waals surface area contributed by atoms with E-state index in [0.717, 1.165) is 40.7 Å². The van der Waals surface area contributed by atoms with Gasteiger partial charge in [0.05, 0.1) is 26.9 Å². The Morgan fingerprint density at radius 3 is 2.07 bits per heavy atom. The number of aryl methyl sites for hydroxylation is 1. The summed E-state index contributed by atoms with van der Waals surface area (Å²) in [7, 11) is 1.31. The van der Waals surface area contributed by atoms with Crippen molar-refractivity contribution >= 4 is 8.32 Å². The monoisotopic (exact) mass is 628 g/mol. The number of ether oxygens (including phenoxy) is 4. The molecule has 45 heavy (non-hydrogen) atoms. The van der Waals surface area contributed by atoms with Gasteiger partial charge in [-0.15, -0.1) is 0 Å². The van der Waals surface area contributed by atoms with E-state index in [-0.39, 0.29) is 12.7 Å². The Hall–Kier alpha value is -3.96. The van der Waals surface area contributed by atoms with Gasteiger partial charge in [0.1, 0.15) is 28.9 Å². The lowest BCUT2D eigenvalue weighted by atomic mass is 9.79. The van der Waals surface area contributed by atoms with E-state index in [1.807, 2.05) is 66.7 Å². The summed E-state index contributed by atoms with van der Waals surface area (Å²) in [6, 6.07) is 26.9. The SMILES string of the molecule is COc1ccc(C(OC[C@]23CC[Si](C)(C)O[C@H]2C[C@H](n2cc(C)c(=O)[nH]c2=O)O3)(c2ccccc2)c2ccc(OC)cc2)cc1. The molecule has 2 saturated heterocycles.